The lowest BCUT2D eigenvalue weighted by atomic mass is 9.98. The van der Waals surface area contributed by atoms with Gasteiger partial charge in [0.2, 0.25) is 10.0 Å². The van der Waals surface area contributed by atoms with Crippen LogP contribution in [0.5, 0.6) is 5.75 Å². The summed E-state index contributed by atoms with van der Waals surface area (Å²) in [4.78, 5) is 0. The van der Waals surface area contributed by atoms with Crippen LogP contribution in [0, 0.1) is 22.6 Å². The highest BCUT2D eigenvalue weighted by atomic mass is 32.2. The summed E-state index contributed by atoms with van der Waals surface area (Å²) in [6.07, 6.45) is 0. The zero-order chi connectivity index (χ0) is 14.7. The van der Waals surface area contributed by atoms with E-state index in [0.717, 1.165) is 6.07 Å². The lowest BCUT2D eigenvalue weighted by molar-refractivity contribution is 0.198. The Morgan fingerprint density at radius 1 is 1.47 bits per heavy atom. The Morgan fingerprint density at radius 3 is 2.63 bits per heavy atom. The monoisotopic (exact) mass is 286 g/mol. The summed E-state index contributed by atoms with van der Waals surface area (Å²) >= 11 is 0. The van der Waals surface area contributed by atoms with Crippen LogP contribution >= 0.6 is 0 Å². The van der Waals surface area contributed by atoms with Gasteiger partial charge in [0.05, 0.1) is 12.4 Å². The van der Waals surface area contributed by atoms with Gasteiger partial charge in [0, 0.05) is 5.41 Å². The molecule has 0 aliphatic heterocycles. The number of nitrogens with two attached hydrogens (primary N) is 1. The number of benzene rings is 1. The highest BCUT2D eigenvalue weighted by Gasteiger charge is 2.25. The Hall–Kier alpha value is -1.65. The van der Waals surface area contributed by atoms with Gasteiger partial charge < -0.3 is 4.74 Å². The van der Waals surface area contributed by atoms with Gasteiger partial charge >= 0.3 is 0 Å². The molecule has 1 aromatic carbocycles. The van der Waals surface area contributed by atoms with Gasteiger partial charge in [0.25, 0.3) is 0 Å². The first-order chi connectivity index (χ1) is 8.64. The van der Waals surface area contributed by atoms with Crippen LogP contribution in [0.25, 0.3) is 0 Å². The number of hydrogen-bond donors (Lipinski definition) is 1. The minimum atomic E-state index is -3.63. The molecule has 0 heterocycles. The lowest BCUT2D eigenvalue weighted by Crippen LogP contribution is -2.33. The molecule has 1 aromatic rings. The van der Waals surface area contributed by atoms with E-state index in [1.807, 2.05) is 0 Å². The summed E-state index contributed by atoms with van der Waals surface area (Å²) in [5, 5.41) is 13.8. The fraction of sp³-hybridized carbons (Fsp3) is 0.417. The minimum Gasteiger partial charge on any atom is -0.491 e. The largest absolute Gasteiger partial charge is 0.491 e. The van der Waals surface area contributed by atoms with Crippen LogP contribution in [0.1, 0.15) is 19.4 Å². The normalized spacial score (nSPS) is 11.9. The highest BCUT2D eigenvalue weighted by Crippen LogP contribution is 2.24. The van der Waals surface area contributed by atoms with E-state index in [1.165, 1.54) is 12.1 Å². The molecule has 0 bridgehead atoms. The Kier molecular flexibility index (Phi) is 4.50. The maximum Gasteiger partial charge on any atom is 0.209 e. The lowest BCUT2D eigenvalue weighted by Gasteiger charge is -2.23. The summed E-state index contributed by atoms with van der Waals surface area (Å²) < 4.78 is 40.8. The molecule has 0 aromatic heterocycles. The molecule has 0 aliphatic rings. The van der Waals surface area contributed by atoms with Crippen molar-refractivity contribution in [3.05, 3.63) is 29.6 Å². The molecular weight excluding hydrogens is 271 g/mol. The molecule has 0 amide bonds. The molecule has 1 rings (SSSR count). The first-order valence-electron chi connectivity index (χ1n) is 5.46. The van der Waals surface area contributed by atoms with E-state index in [9.17, 15) is 12.8 Å². The van der Waals surface area contributed by atoms with Gasteiger partial charge in [-0.15, -0.1) is 0 Å². The van der Waals surface area contributed by atoms with Crippen molar-refractivity contribution in [3.63, 3.8) is 0 Å². The molecular formula is C12H15FN2O3S. The molecule has 2 N–H and O–H groups in total. The number of primary sulfonamides is 1. The van der Waals surface area contributed by atoms with E-state index in [4.69, 9.17) is 15.1 Å². The summed E-state index contributed by atoms with van der Waals surface area (Å²) in [6.45, 7) is 3.31. The van der Waals surface area contributed by atoms with Gasteiger partial charge in [-0.25, -0.2) is 17.9 Å². The molecule has 19 heavy (non-hydrogen) atoms. The maximum absolute atomic E-state index is 13.3. The van der Waals surface area contributed by atoms with Crippen molar-refractivity contribution in [2.75, 3.05) is 12.4 Å². The van der Waals surface area contributed by atoms with E-state index in [-0.39, 0.29) is 23.7 Å². The zero-order valence-corrected chi connectivity index (χ0v) is 11.5. The molecule has 0 unspecified atom stereocenters. The summed E-state index contributed by atoms with van der Waals surface area (Å²) in [5.41, 5.74) is -0.944. The van der Waals surface area contributed by atoms with Crippen LogP contribution in [0.15, 0.2) is 18.2 Å². The predicted octanol–water partition coefficient (Wildman–Crippen LogP) is 1.39. The van der Waals surface area contributed by atoms with Crippen LogP contribution in [-0.2, 0) is 10.0 Å². The van der Waals surface area contributed by atoms with Crippen molar-refractivity contribution in [1.82, 2.24) is 0 Å². The van der Waals surface area contributed by atoms with Crippen molar-refractivity contribution >= 4 is 10.0 Å². The number of nitrogens with zero attached hydrogens (tertiary/aromatic N) is 1. The van der Waals surface area contributed by atoms with E-state index >= 15 is 0 Å². The third kappa shape index (κ3) is 4.85. The Morgan fingerprint density at radius 2 is 2.11 bits per heavy atom. The van der Waals surface area contributed by atoms with Crippen molar-refractivity contribution in [2.24, 2.45) is 10.6 Å². The van der Waals surface area contributed by atoms with Crippen LogP contribution < -0.4 is 9.88 Å². The number of rotatable bonds is 5. The second-order valence-electron chi connectivity index (χ2n) is 4.98. The smallest absolute Gasteiger partial charge is 0.209 e. The van der Waals surface area contributed by atoms with Gasteiger partial charge in [-0.3, -0.25) is 0 Å². The van der Waals surface area contributed by atoms with Crippen molar-refractivity contribution in [1.29, 1.82) is 5.26 Å². The predicted molar refractivity (Wildman–Crippen MR) is 68.4 cm³/mol. The van der Waals surface area contributed by atoms with E-state index < -0.39 is 21.3 Å². The average molecular weight is 286 g/mol. The maximum atomic E-state index is 13.3. The van der Waals surface area contributed by atoms with E-state index in [0.29, 0.717) is 0 Å². The average Bonchev–Trinajstić information content (AvgIpc) is 2.23. The van der Waals surface area contributed by atoms with Crippen molar-refractivity contribution < 1.29 is 17.5 Å². The Balaban J connectivity index is 2.83. The van der Waals surface area contributed by atoms with Gasteiger partial charge in [0.1, 0.15) is 23.2 Å². The van der Waals surface area contributed by atoms with Crippen molar-refractivity contribution in [3.8, 4) is 11.8 Å². The van der Waals surface area contributed by atoms with Crippen LogP contribution in [0.4, 0.5) is 4.39 Å². The van der Waals surface area contributed by atoms with Gasteiger partial charge in [-0.2, -0.15) is 5.26 Å². The van der Waals surface area contributed by atoms with E-state index in [1.54, 1.807) is 19.9 Å². The van der Waals surface area contributed by atoms with Crippen LogP contribution in [-0.4, -0.2) is 20.8 Å². The Labute approximate surface area is 111 Å². The zero-order valence-electron chi connectivity index (χ0n) is 10.7. The summed E-state index contributed by atoms with van der Waals surface area (Å²) in [7, 11) is -3.63. The fourth-order valence-corrected chi connectivity index (χ4v) is 2.77. The fourth-order valence-electron chi connectivity index (χ4n) is 1.59. The molecule has 7 heteroatoms. The molecule has 5 nitrogen and oxygen atoms in total. The Bertz CT molecular complexity index is 606. The highest BCUT2D eigenvalue weighted by molar-refractivity contribution is 7.89. The van der Waals surface area contributed by atoms with Crippen LogP contribution in [0.3, 0.4) is 0 Å². The first kappa shape index (κ1) is 15.4. The van der Waals surface area contributed by atoms with Crippen LogP contribution in [0.2, 0.25) is 0 Å². The minimum absolute atomic E-state index is 0.00155. The van der Waals surface area contributed by atoms with Crippen molar-refractivity contribution in [2.45, 2.75) is 13.8 Å². The quantitative estimate of drug-likeness (QED) is 0.885. The number of sulfonamides is 1. The molecule has 0 saturated heterocycles. The molecule has 0 aliphatic carbocycles. The second-order valence-corrected chi connectivity index (χ2v) is 6.60. The number of ether oxygens (including phenoxy) is 1. The van der Waals surface area contributed by atoms with Gasteiger partial charge in [-0.05, 0) is 12.1 Å². The molecule has 0 spiro atoms. The standard InChI is InChI=1S/C12H15FN2O3S/c1-12(2,8-19(15,16)17)7-18-11-5-3-4-10(13)9(11)6-14/h3-5H,7-8H2,1-2H3,(H2,15,16,17). The molecule has 0 fully saturated rings. The van der Waals surface area contributed by atoms with E-state index in [2.05, 4.69) is 0 Å². The first-order valence-corrected chi connectivity index (χ1v) is 7.18. The number of nitriles is 1. The molecule has 0 radical (unpaired) electrons. The third-order valence-corrected chi connectivity index (χ3v) is 3.48. The molecule has 104 valence electrons. The summed E-state index contributed by atoms with van der Waals surface area (Å²) in [5.74, 6) is -0.855. The SMILES string of the molecule is CC(C)(COc1cccc(F)c1C#N)CS(N)(=O)=O. The molecule has 0 atom stereocenters. The third-order valence-electron chi connectivity index (χ3n) is 2.30. The summed E-state index contributed by atoms with van der Waals surface area (Å²) in [6, 6.07) is 5.73. The second kappa shape index (κ2) is 5.55. The topological polar surface area (TPSA) is 93.2 Å². The van der Waals surface area contributed by atoms with Gasteiger partial charge in [-0.1, -0.05) is 19.9 Å². The number of halogens is 1. The molecule has 0 saturated carbocycles. The number of hydrogen-bond acceptors (Lipinski definition) is 4. The van der Waals surface area contributed by atoms with Gasteiger partial charge in [0.15, 0.2) is 0 Å².